The molecule has 0 saturated heterocycles. The smallest absolute Gasteiger partial charge is 0.238 e. The van der Waals surface area contributed by atoms with E-state index in [2.05, 4.69) is 10.6 Å². The van der Waals surface area contributed by atoms with Crippen LogP contribution in [0.3, 0.4) is 0 Å². The third-order valence-electron chi connectivity index (χ3n) is 3.73. The van der Waals surface area contributed by atoms with E-state index in [0.717, 1.165) is 18.5 Å². The van der Waals surface area contributed by atoms with Gasteiger partial charge in [0.05, 0.1) is 6.54 Å². The van der Waals surface area contributed by atoms with Crippen molar-refractivity contribution in [3.63, 3.8) is 0 Å². The summed E-state index contributed by atoms with van der Waals surface area (Å²) in [5.41, 5.74) is 0.816. The van der Waals surface area contributed by atoms with E-state index in [1.807, 2.05) is 30.3 Å². The van der Waals surface area contributed by atoms with Crippen molar-refractivity contribution in [2.45, 2.75) is 31.7 Å². The molecule has 2 unspecified atom stereocenters. The molecule has 1 aliphatic rings. The Morgan fingerprint density at radius 1 is 1.21 bits per heavy atom. The molecule has 3 N–H and O–H groups in total. The van der Waals surface area contributed by atoms with Crippen LogP contribution in [0.2, 0.25) is 0 Å². The third-order valence-corrected chi connectivity index (χ3v) is 3.73. The van der Waals surface area contributed by atoms with Crippen LogP contribution >= 0.6 is 0 Å². The Kier molecular flexibility index (Phi) is 5.36. The fraction of sp³-hybridized carbons (Fsp3) is 0.533. The molecule has 0 aromatic heterocycles. The normalized spacial score (nSPS) is 23.0. The van der Waals surface area contributed by atoms with Crippen LogP contribution < -0.4 is 10.6 Å². The van der Waals surface area contributed by atoms with E-state index in [-0.39, 0.29) is 18.6 Å². The zero-order valence-corrected chi connectivity index (χ0v) is 11.1. The lowest BCUT2D eigenvalue weighted by molar-refractivity contribution is -0.115. The molecule has 1 aromatic rings. The first-order valence-corrected chi connectivity index (χ1v) is 6.98. The van der Waals surface area contributed by atoms with Gasteiger partial charge in [0.15, 0.2) is 0 Å². The van der Waals surface area contributed by atoms with E-state index in [1.165, 1.54) is 12.8 Å². The van der Waals surface area contributed by atoms with Gasteiger partial charge in [-0.25, -0.2) is 0 Å². The first-order valence-electron chi connectivity index (χ1n) is 6.98. The number of aliphatic hydroxyl groups excluding tert-OH is 1. The highest BCUT2D eigenvalue weighted by atomic mass is 16.3. The van der Waals surface area contributed by atoms with Gasteiger partial charge in [-0.3, -0.25) is 4.79 Å². The number of anilines is 1. The zero-order chi connectivity index (χ0) is 13.5. The highest BCUT2D eigenvalue weighted by molar-refractivity contribution is 5.92. The highest BCUT2D eigenvalue weighted by Crippen LogP contribution is 2.23. The summed E-state index contributed by atoms with van der Waals surface area (Å²) in [4.78, 5) is 11.8. The maximum atomic E-state index is 11.8. The second-order valence-corrected chi connectivity index (χ2v) is 5.13. The van der Waals surface area contributed by atoms with Crippen molar-refractivity contribution in [3.8, 4) is 0 Å². The third kappa shape index (κ3) is 4.33. The molecular weight excluding hydrogens is 240 g/mol. The quantitative estimate of drug-likeness (QED) is 0.758. The lowest BCUT2D eigenvalue weighted by Gasteiger charge is -2.30. The Labute approximate surface area is 114 Å². The number of hydrogen-bond donors (Lipinski definition) is 3. The summed E-state index contributed by atoms with van der Waals surface area (Å²) < 4.78 is 0. The molecule has 4 nitrogen and oxygen atoms in total. The largest absolute Gasteiger partial charge is 0.396 e. The average molecular weight is 262 g/mol. The highest BCUT2D eigenvalue weighted by Gasteiger charge is 2.24. The topological polar surface area (TPSA) is 61.4 Å². The Morgan fingerprint density at radius 3 is 2.68 bits per heavy atom. The molecule has 2 atom stereocenters. The summed E-state index contributed by atoms with van der Waals surface area (Å²) in [6, 6.07) is 9.71. The van der Waals surface area contributed by atoms with Gasteiger partial charge < -0.3 is 15.7 Å². The fourth-order valence-corrected chi connectivity index (χ4v) is 2.65. The van der Waals surface area contributed by atoms with Crippen molar-refractivity contribution >= 4 is 11.6 Å². The maximum absolute atomic E-state index is 11.8. The predicted molar refractivity (Wildman–Crippen MR) is 75.9 cm³/mol. The minimum Gasteiger partial charge on any atom is -0.396 e. The van der Waals surface area contributed by atoms with Gasteiger partial charge in [-0.15, -0.1) is 0 Å². The van der Waals surface area contributed by atoms with Crippen LogP contribution in [0.4, 0.5) is 5.69 Å². The molecule has 0 bridgehead atoms. The van der Waals surface area contributed by atoms with E-state index in [9.17, 15) is 9.90 Å². The van der Waals surface area contributed by atoms with Gasteiger partial charge in [0, 0.05) is 18.3 Å². The number of nitrogens with one attached hydrogen (secondary N) is 2. The van der Waals surface area contributed by atoms with E-state index >= 15 is 0 Å². The maximum Gasteiger partial charge on any atom is 0.238 e. The van der Waals surface area contributed by atoms with E-state index in [1.54, 1.807) is 0 Å². The summed E-state index contributed by atoms with van der Waals surface area (Å²) in [5.74, 6) is 0.256. The van der Waals surface area contributed by atoms with Crippen LogP contribution in [0.25, 0.3) is 0 Å². The lowest BCUT2D eigenvalue weighted by atomic mass is 9.85. The standard InChI is InChI=1S/C15H22N2O2/c18-11-12-6-4-5-9-14(12)16-10-15(19)17-13-7-2-1-3-8-13/h1-3,7-8,12,14,16,18H,4-6,9-11H2,(H,17,19). The molecule has 2 rings (SSSR count). The molecular formula is C15H22N2O2. The number of hydrogen-bond acceptors (Lipinski definition) is 3. The summed E-state index contributed by atoms with van der Waals surface area (Å²) >= 11 is 0. The van der Waals surface area contributed by atoms with Gasteiger partial charge in [0.1, 0.15) is 0 Å². The molecule has 19 heavy (non-hydrogen) atoms. The zero-order valence-electron chi connectivity index (χ0n) is 11.1. The van der Waals surface area contributed by atoms with Gasteiger partial charge in [0.25, 0.3) is 0 Å². The Hall–Kier alpha value is -1.39. The van der Waals surface area contributed by atoms with Crippen LogP contribution in [-0.4, -0.2) is 30.2 Å². The van der Waals surface area contributed by atoms with Crippen molar-refractivity contribution in [3.05, 3.63) is 30.3 Å². The SMILES string of the molecule is O=C(CNC1CCCCC1CO)Nc1ccccc1. The predicted octanol–water partition coefficient (Wildman–Crippen LogP) is 1.77. The second kappa shape index (κ2) is 7.26. The van der Waals surface area contributed by atoms with Gasteiger partial charge in [-0.05, 0) is 30.9 Å². The van der Waals surface area contributed by atoms with Crippen molar-refractivity contribution < 1.29 is 9.90 Å². The van der Waals surface area contributed by atoms with Crippen LogP contribution in [0.1, 0.15) is 25.7 Å². The van der Waals surface area contributed by atoms with Crippen LogP contribution in [0.5, 0.6) is 0 Å². The molecule has 0 spiro atoms. The summed E-state index contributed by atoms with van der Waals surface area (Å²) in [6.07, 6.45) is 4.45. The summed E-state index contributed by atoms with van der Waals surface area (Å²) in [5, 5.41) is 15.4. The Balaban J connectivity index is 1.76. The number of benzene rings is 1. The second-order valence-electron chi connectivity index (χ2n) is 5.13. The van der Waals surface area contributed by atoms with Gasteiger partial charge >= 0.3 is 0 Å². The van der Waals surface area contributed by atoms with Crippen molar-refractivity contribution in [2.24, 2.45) is 5.92 Å². The number of aliphatic hydroxyl groups is 1. The van der Waals surface area contributed by atoms with Gasteiger partial charge in [0.2, 0.25) is 5.91 Å². The van der Waals surface area contributed by atoms with E-state index in [0.29, 0.717) is 12.5 Å². The monoisotopic (exact) mass is 262 g/mol. The van der Waals surface area contributed by atoms with E-state index in [4.69, 9.17) is 0 Å². The summed E-state index contributed by atoms with van der Waals surface area (Å²) in [6.45, 7) is 0.508. The molecule has 1 saturated carbocycles. The van der Waals surface area contributed by atoms with Gasteiger partial charge in [-0.1, -0.05) is 31.0 Å². The van der Waals surface area contributed by atoms with Crippen molar-refractivity contribution in [2.75, 3.05) is 18.5 Å². The van der Waals surface area contributed by atoms with Crippen LogP contribution in [-0.2, 0) is 4.79 Å². The van der Waals surface area contributed by atoms with Crippen molar-refractivity contribution in [1.29, 1.82) is 0 Å². The first kappa shape index (κ1) is 14.0. The van der Waals surface area contributed by atoms with Gasteiger partial charge in [-0.2, -0.15) is 0 Å². The molecule has 1 fully saturated rings. The molecule has 1 aliphatic carbocycles. The Bertz CT molecular complexity index is 394. The molecule has 0 heterocycles. The van der Waals surface area contributed by atoms with Crippen LogP contribution in [0.15, 0.2) is 30.3 Å². The fourth-order valence-electron chi connectivity index (χ4n) is 2.65. The van der Waals surface area contributed by atoms with Crippen LogP contribution in [0, 0.1) is 5.92 Å². The number of amides is 1. The molecule has 0 radical (unpaired) electrons. The van der Waals surface area contributed by atoms with Crippen molar-refractivity contribution in [1.82, 2.24) is 5.32 Å². The lowest BCUT2D eigenvalue weighted by Crippen LogP contribution is -2.43. The first-order chi connectivity index (χ1) is 9.29. The molecule has 104 valence electrons. The summed E-state index contributed by atoms with van der Waals surface area (Å²) in [7, 11) is 0. The molecule has 4 heteroatoms. The Morgan fingerprint density at radius 2 is 1.95 bits per heavy atom. The molecule has 0 aliphatic heterocycles. The minimum absolute atomic E-state index is 0.0338. The number of rotatable bonds is 5. The number of para-hydroxylation sites is 1. The molecule has 1 amide bonds. The number of carbonyl (C=O) groups is 1. The average Bonchev–Trinajstić information content (AvgIpc) is 2.46. The van der Waals surface area contributed by atoms with E-state index < -0.39 is 0 Å². The molecule has 1 aromatic carbocycles. The number of carbonyl (C=O) groups excluding carboxylic acids is 1. The minimum atomic E-state index is -0.0338.